The van der Waals surface area contributed by atoms with Crippen LogP contribution in [0.15, 0.2) is 45.4 Å². The molecule has 1 fully saturated rings. The Balaban J connectivity index is 1.24. The van der Waals surface area contributed by atoms with Gasteiger partial charge in [0.1, 0.15) is 10.9 Å². The lowest BCUT2D eigenvalue weighted by Crippen LogP contribution is -2.34. The molecule has 0 radical (unpaired) electrons. The van der Waals surface area contributed by atoms with Gasteiger partial charge in [0.05, 0.1) is 15.3 Å². The number of hydrogen-bond donors (Lipinski definition) is 0. The van der Waals surface area contributed by atoms with Crippen molar-refractivity contribution in [3.05, 3.63) is 55.4 Å². The molecule has 11 heteroatoms. The van der Waals surface area contributed by atoms with Gasteiger partial charge in [-0.15, -0.1) is 23.1 Å². The summed E-state index contributed by atoms with van der Waals surface area (Å²) in [6.07, 6.45) is 2.69. The fraction of sp³-hybridized carbons (Fsp3) is 0.364. The second-order valence-electron chi connectivity index (χ2n) is 7.79. The summed E-state index contributed by atoms with van der Waals surface area (Å²) in [5, 5.41) is 13.4. The molecule has 8 nitrogen and oxygen atoms in total. The first-order valence-electron chi connectivity index (χ1n) is 10.4. The molecule has 0 saturated carbocycles. The zero-order valence-corrected chi connectivity index (χ0v) is 19.0. The number of nitrogens with zero attached hydrogens (tertiary/aromatic N) is 3. The molecule has 5 rings (SSSR count). The molecule has 0 N–H and O–H groups in total. The highest BCUT2D eigenvalue weighted by Crippen LogP contribution is 2.37. The standard InChI is InChI=1S/C22H18FN3O5S2/c23-14-10-15-17(20-19(14)29-21(27)22(28)30-20)18(25-31-15)12-4-7-26(8-5-12)6-1-9-32-16-3-2-13(11-24)33-16/h2-3,10,12H,1,4-9H2. The normalized spacial score (nSPS) is 15.4. The van der Waals surface area contributed by atoms with Crippen molar-refractivity contribution in [2.45, 2.75) is 29.4 Å². The third kappa shape index (κ3) is 4.34. The number of thiophene rings is 1. The van der Waals surface area contributed by atoms with E-state index in [0.717, 1.165) is 59.8 Å². The van der Waals surface area contributed by atoms with Crippen LogP contribution in [0.25, 0.3) is 22.1 Å². The molecule has 0 bridgehead atoms. The molecule has 4 aromatic rings. The van der Waals surface area contributed by atoms with Crippen LogP contribution < -0.4 is 11.3 Å². The number of halogens is 1. The van der Waals surface area contributed by atoms with E-state index >= 15 is 0 Å². The lowest BCUT2D eigenvalue weighted by atomic mass is 9.91. The second-order valence-corrected chi connectivity index (χ2v) is 10.3. The molecule has 1 aliphatic heterocycles. The van der Waals surface area contributed by atoms with Gasteiger partial charge in [0.25, 0.3) is 0 Å². The van der Waals surface area contributed by atoms with Crippen molar-refractivity contribution in [1.82, 2.24) is 10.1 Å². The lowest BCUT2D eigenvalue weighted by Gasteiger charge is -2.31. The van der Waals surface area contributed by atoms with E-state index < -0.39 is 22.7 Å². The van der Waals surface area contributed by atoms with Crippen molar-refractivity contribution in [3.8, 4) is 6.07 Å². The zero-order chi connectivity index (χ0) is 22.9. The van der Waals surface area contributed by atoms with Crippen LogP contribution in [0, 0.1) is 17.1 Å². The Morgan fingerprint density at radius 2 is 1.97 bits per heavy atom. The molecule has 0 aliphatic carbocycles. The van der Waals surface area contributed by atoms with Crippen molar-refractivity contribution < 1.29 is 17.7 Å². The fourth-order valence-electron chi connectivity index (χ4n) is 4.13. The maximum absolute atomic E-state index is 14.3. The molecule has 170 valence electrons. The summed E-state index contributed by atoms with van der Waals surface area (Å²) >= 11 is 3.29. The minimum Gasteiger partial charge on any atom is -0.413 e. The summed E-state index contributed by atoms with van der Waals surface area (Å²) in [5.74, 6) is 0.194. The van der Waals surface area contributed by atoms with Gasteiger partial charge >= 0.3 is 11.3 Å². The van der Waals surface area contributed by atoms with E-state index in [0.29, 0.717) is 11.1 Å². The van der Waals surface area contributed by atoms with E-state index in [-0.39, 0.29) is 17.1 Å². The van der Waals surface area contributed by atoms with Gasteiger partial charge in [-0.3, -0.25) is 0 Å². The van der Waals surface area contributed by atoms with Crippen molar-refractivity contribution in [1.29, 1.82) is 5.26 Å². The highest BCUT2D eigenvalue weighted by Gasteiger charge is 2.28. The largest absolute Gasteiger partial charge is 0.423 e. The topological polar surface area (TPSA) is 113 Å². The molecule has 1 aliphatic rings. The molecular formula is C22H18FN3O5S2. The monoisotopic (exact) mass is 487 g/mol. The minimum absolute atomic E-state index is 0.0540. The van der Waals surface area contributed by atoms with E-state index in [9.17, 15) is 14.0 Å². The zero-order valence-electron chi connectivity index (χ0n) is 17.3. The maximum Gasteiger partial charge on any atom is 0.423 e. The second kappa shape index (κ2) is 9.13. The first-order chi connectivity index (χ1) is 16.0. The van der Waals surface area contributed by atoms with Gasteiger partial charge in [0, 0.05) is 17.7 Å². The summed E-state index contributed by atoms with van der Waals surface area (Å²) in [7, 11) is 0. The van der Waals surface area contributed by atoms with Crippen LogP contribution in [-0.2, 0) is 0 Å². The molecule has 33 heavy (non-hydrogen) atoms. The number of benzene rings is 1. The van der Waals surface area contributed by atoms with Crippen molar-refractivity contribution in [2.24, 2.45) is 0 Å². The average molecular weight is 488 g/mol. The van der Waals surface area contributed by atoms with E-state index in [1.165, 1.54) is 11.3 Å². The predicted octanol–water partition coefficient (Wildman–Crippen LogP) is 4.32. The van der Waals surface area contributed by atoms with Gasteiger partial charge < -0.3 is 18.3 Å². The quantitative estimate of drug-likeness (QED) is 0.223. The van der Waals surface area contributed by atoms with E-state index in [1.807, 2.05) is 12.1 Å². The molecule has 1 saturated heterocycles. The van der Waals surface area contributed by atoms with E-state index in [1.54, 1.807) is 11.8 Å². The van der Waals surface area contributed by atoms with Gasteiger partial charge in [-0.2, -0.15) is 5.26 Å². The molecule has 0 atom stereocenters. The summed E-state index contributed by atoms with van der Waals surface area (Å²) < 4.78 is 30.7. The summed E-state index contributed by atoms with van der Waals surface area (Å²) in [5.41, 5.74) is -2.25. The number of hydrogen-bond acceptors (Lipinski definition) is 10. The van der Waals surface area contributed by atoms with Crippen LogP contribution in [0.3, 0.4) is 0 Å². The van der Waals surface area contributed by atoms with Crippen LogP contribution in [0.2, 0.25) is 0 Å². The lowest BCUT2D eigenvalue weighted by molar-refractivity contribution is 0.210. The molecule has 0 unspecified atom stereocenters. The van der Waals surface area contributed by atoms with Crippen molar-refractivity contribution in [3.63, 3.8) is 0 Å². The minimum atomic E-state index is -1.25. The van der Waals surface area contributed by atoms with Crippen LogP contribution in [0.1, 0.15) is 35.8 Å². The highest BCUT2D eigenvalue weighted by atomic mass is 32.2. The molecule has 0 spiro atoms. The summed E-state index contributed by atoms with van der Waals surface area (Å²) in [6, 6.07) is 7.09. The number of rotatable bonds is 6. The number of thioether (sulfide) groups is 1. The van der Waals surface area contributed by atoms with Crippen molar-refractivity contribution in [2.75, 3.05) is 25.4 Å². The van der Waals surface area contributed by atoms with Crippen LogP contribution in [0.5, 0.6) is 0 Å². The summed E-state index contributed by atoms with van der Waals surface area (Å²) in [4.78, 5) is 26.3. The SMILES string of the molecule is N#Cc1ccc(SCCCN2CCC(c3noc4cc(F)c5oc(=O)c(=O)oc5c34)CC2)s1. The number of fused-ring (bicyclic) bond motifs is 3. The number of likely N-dealkylation sites (tertiary alicyclic amines) is 1. The predicted molar refractivity (Wildman–Crippen MR) is 121 cm³/mol. The van der Waals surface area contributed by atoms with Gasteiger partial charge in [-0.25, -0.2) is 14.0 Å². The average Bonchev–Trinajstić information content (AvgIpc) is 3.45. The number of aromatic nitrogens is 1. The van der Waals surface area contributed by atoms with Gasteiger partial charge in [0.2, 0.25) is 5.58 Å². The Hall–Kier alpha value is -2.94. The first-order valence-corrected chi connectivity index (χ1v) is 12.2. The molecule has 0 amide bonds. The number of nitriles is 1. The molecule has 1 aromatic carbocycles. The fourth-order valence-corrected chi connectivity index (χ4v) is 6.06. The first kappa shape index (κ1) is 21.9. The number of piperidine rings is 1. The van der Waals surface area contributed by atoms with E-state index in [2.05, 4.69) is 16.1 Å². The van der Waals surface area contributed by atoms with Gasteiger partial charge in [-0.05, 0) is 51.0 Å². The van der Waals surface area contributed by atoms with E-state index in [4.69, 9.17) is 18.6 Å². The highest BCUT2D eigenvalue weighted by molar-refractivity contribution is 8.01. The molecular weight excluding hydrogens is 469 g/mol. The Morgan fingerprint density at radius 1 is 1.21 bits per heavy atom. The van der Waals surface area contributed by atoms with Gasteiger partial charge in [-0.1, -0.05) is 5.16 Å². The Kier molecular flexibility index (Phi) is 6.05. The summed E-state index contributed by atoms with van der Waals surface area (Å²) in [6.45, 7) is 2.72. The molecule has 3 aromatic heterocycles. The third-order valence-electron chi connectivity index (χ3n) is 5.74. The van der Waals surface area contributed by atoms with Crippen LogP contribution in [0.4, 0.5) is 4.39 Å². The van der Waals surface area contributed by atoms with Gasteiger partial charge in [0.15, 0.2) is 17.0 Å². The smallest absolute Gasteiger partial charge is 0.413 e. The third-order valence-corrected chi connectivity index (χ3v) is 8.04. The maximum atomic E-state index is 14.3. The Morgan fingerprint density at radius 3 is 2.70 bits per heavy atom. The van der Waals surface area contributed by atoms with Crippen LogP contribution >= 0.6 is 23.1 Å². The van der Waals surface area contributed by atoms with Crippen LogP contribution in [-0.4, -0.2) is 35.4 Å². The Labute approximate surface area is 194 Å². The molecule has 4 heterocycles. The van der Waals surface area contributed by atoms with Crippen molar-refractivity contribution >= 4 is 45.2 Å². The Bertz CT molecular complexity index is 1470.